The van der Waals surface area contributed by atoms with Gasteiger partial charge in [0.1, 0.15) is 0 Å². The van der Waals surface area contributed by atoms with Gasteiger partial charge in [0.2, 0.25) is 0 Å². The van der Waals surface area contributed by atoms with Gasteiger partial charge in [-0.25, -0.2) is 0 Å². The number of rotatable bonds is 8. The van der Waals surface area contributed by atoms with Crippen molar-refractivity contribution in [3.05, 3.63) is 126 Å². The van der Waals surface area contributed by atoms with Crippen LogP contribution in [0.25, 0.3) is 0 Å². The predicted molar refractivity (Wildman–Crippen MR) is 149 cm³/mol. The minimum atomic E-state index is -3.33. The molecule has 4 aromatic carbocycles. The van der Waals surface area contributed by atoms with E-state index in [9.17, 15) is 5.11 Å². The molecule has 0 spiro atoms. The second-order valence-electron chi connectivity index (χ2n) is 8.43. The second-order valence-corrected chi connectivity index (χ2v) is 17.6. The molecule has 170 valence electrons. The molecule has 1 N–H and O–H groups in total. The number of halogens is 2. The topological polar surface area (TPSA) is 20.2 Å². The minimum absolute atomic E-state index is 0.0885. The number of aliphatic hydroxyl groups excluding tert-OH is 1. The van der Waals surface area contributed by atoms with Crippen LogP contribution in [0.1, 0.15) is 31.4 Å². The van der Waals surface area contributed by atoms with Gasteiger partial charge >= 0.3 is 211 Å². The predicted octanol–water partition coefficient (Wildman–Crippen LogP) is 7.38. The first kappa shape index (κ1) is 24.2. The van der Waals surface area contributed by atoms with Crippen LogP contribution in [0.5, 0.6) is 0 Å². The summed E-state index contributed by atoms with van der Waals surface area (Å²) in [4.78, 5) is 0. The van der Waals surface area contributed by atoms with Crippen LogP contribution in [0.3, 0.4) is 0 Å². The van der Waals surface area contributed by atoms with E-state index in [-0.39, 0.29) is 5.66 Å². The fourth-order valence-corrected chi connectivity index (χ4v) is 14.3. The van der Waals surface area contributed by atoms with Gasteiger partial charge in [0.05, 0.1) is 0 Å². The van der Waals surface area contributed by atoms with Gasteiger partial charge in [-0.2, -0.15) is 0 Å². The Morgan fingerprint density at radius 1 is 0.697 bits per heavy atom. The Kier molecular flexibility index (Phi) is 7.41. The Labute approximate surface area is 210 Å². The molecule has 1 nitrogen and oxygen atoms in total. The average molecular weight is 540 g/mol. The number of hydrogen-bond acceptors (Lipinski definition) is 1. The molecule has 2 atom stereocenters. The summed E-state index contributed by atoms with van der Waals surface area (Å²) in [7, 11) is 0. The van der Waals surface area contributed by atoms with Gasteiger partial charge in [0, 0.05) is 0 Å². The molecule has 4 heteroatoms. The molecule has 0 aliphatic heterocycles. The van der Waals surface area contributed by atoms with Gasteiger partial charge in [-0.15, -0.1) is 0 Å². The monoisotopic (exact) mass is 538 g/mol. The standard InChI is InChI=1S/C29H29BrClOP/c1-2-12-28(29(32)23-19-21-24(31)22-20-23)33(30,25-13-6-3-7-14-25,26-15-8-4-9-16-26)27-17-10-5-11-18-27/h3-11,13-22,28-29,32H,2,12H2,1H3/t28-,29+/m1/s1. The van der Waals surface area contributed by atoms with Crippen molar-refractivity contribution in [2.24, 2.45) is 0 Å². The quantitative estimate of drug-likeness (QED) is 0.232. The van der Waals surface area contributed by atoms with Crippen molar-refractivity contribution in [1.29, 1.82) is 0 Å². The van der Waals surface area contributed by atoms with Crippen LogP contribution in [0, 0.1) is 0 Å². The SMILES string of the molecule is CCC[C@H]([C@@H](O)c1ccc(Cl)cc1)P(Br)(c1ccccc1)(c1ccccc1)c1ccccc1. The molecule has 4 aromatic rings. The molecule has 0 amide bonds. The van der Waals surface area contributed by atoms with Crippen molar-refractivity contribution in [2.45, 2.75) is 31.5 Å². The summed E-state index contributed by atoms with van der Waals surface area (Å²) in [5, 5.41) is 13.0. The molecule has 0 bridgehead atoms. The zero-order chi connectivity index (χ0) is 23.3. The molecule has 0 saturated carbocycles. The van der Waals surface area contributed by atoms with Crippen molar-refractivity contribution in [2.75, 3.05) is 0 Å². The maximum atomic E-state index is 12.0. The normalized spacial score (nSPS) is 14.7. The molecular formula is C29H29BrClOP. The molecule has 0 aromatic heterocycles. The van der Waals surface area contributed by atoms with Crippen LogP contribution in [-0.4, -0.2) is 10.8 Å². The van der Waals surface area contributed by atoms with Crippen molar-refractivity contribution < 1.29 is 5.11 Å². The van der Waals surface area contributed by atoms with E-state index < -0.39 is 11.4 Å². The van der Waals surface area contributed by atoms with Gasteiger partial charge < -0.3 is 0 Å². The first-order valence-electron chi connectivity index (χ1n) is 11.3. The van der Waals surface area contributed by atoms with E-state index in [1.165, 1.54) is 15.9 Å². The Balaban J connectivity index is 2.11. The first-order valence-corrected chi connectivity index (χ1v) is 16.0. The van der Waals surface area contributed by atoms with Gasteiger partial charge in [-0.1, -0.05) is 0 Å². The Morgan fingerprint density at radius 3 is 1.45 bits per heavy atom. The first-order chi connectivity index (χ1) is 16.0. The van der Waals surface area contributed by atoms with Crippen molar-refractivity contribution >= 4 is 48.3 Å². The summed E-state index contributed by atoms with van der Waals surface area (Å²) < 4.78 is 0. The molecule has 0 unspecified atom stereocenters. The van der Waals surface area contributed by atoms with E-state index in [4.69, 9.17) is 11.6 Å². The zero-order valence-electron chi connectivity index (χ0n) is 18.7. The van der Waals surface area contributed by atoms with Crippen LogP contribution in [-0.2, 0) is 0 Å². The van der Waals surface area contributed by atoms with E-state index >= 15 is 0 Å². The maximum absolute atomic E-state index is 12.0. The molecule has 33 heavy (non-hydrogen) atoms. The fraction of sp³-hybridized carbons (Fsp3) is 0.172. The van der Waals surface area contributed by atoms with E-state index in [0.29, 0.717) is 5.02 Å². The van der Waals surface area contributed by atoms with Crippen LogP contribution >= 0.6 is 32.4 Å². The van der Waals surface area contributed by atoms with Gasteiger partial charge in [0.15, 0.2) is 0 Å². The summed E-state index contributed by atoms with van der Waals surface area (Å²) in [6.07, 6.45) is 1.12. The summed E-state index contributed by atoms with van der Waals surface area (Å²) in [6.45, 7) is 2.19. The molecule has 0 saturated heterocycles. The van der Waals surface area contributed by atoms with E-state index in [2.05, 4.69) is 113 Å². The zero-order valence-corrected chi connectivity index (χ0v) is 21.9. The number of hydrogen-bond donors (Lipinski definition) is 1. The average Bonchev–Trinajstić information content (AvgIpc) is 2.88. The van der Waals surface area contributed by atoms with E-state index in [0.717, 1.165) is 18.4 Å². The summed E-state index contributed by atoms with van der Waals surface area (Å²) >= 11 is 10.7. The molecule has 0 aliphatic carbocycles. The Hall–Kier alpha value is -1.96. The van der Waals surface area contributed by atoms with Gasteiger partial charge in [0.25, 0.3) is 0 Å². The van der Waals surface area contributed by atoms with Gasteiger partial charge in [-0.3, -0.25) is 0 Å². The van der Waals surface area contributed by atoms with Crippen LogP contribution in [0.15, 0.2) is 115 Å². The summed E-state index contributed by atoms with van der Waals surface area (Å²) in [5.41, 5.74) is 0.795. The number of aliphatic hydroxyl groups is 1. The fourth-order valence-electron chi connectivity index (χ4n) is 5.02. The third-order valence-electron chi connectivity index (χ3n) is 6.57. The summed E-state index contributed by atoms with van der Waals surface area (Å²) in [6, 6.07) is 39.6. The molecule has 0 radical (unpaired) electrons. The van der Waals surface area contributed by atoms with Crippen molar-refractivity contribution in [3.8, 4) is 0 Å². The van der Waals surface area contributed by atoms with Gasteiger partial charge in [-0.05, 0) is 0 Å². The molecule has 0 heterocycles. The van der Waals surface area contributed by atoms with Crippen LogP contribution in [0.2, 0.25) is 5.02 Å². The van der Waals surface area contributed by atoms with Crippen LogP contribution < -0.4 is 15.9 Å². The number of benzene rings is 4. The summed E-state index contributed by atoms with van der Waals surface area (Å²) in [5.74, 6) is 0. The van der Waals surface area contributed by atoms with Crippen LogP contribution in [0.4, 0.5) is 0 Å². The molecule has 4 rings (SSSR count). The molecule has 0 fully saturated rings. The van der Waals surface area contributed by atoms with E-state index in [1.807, 2.05) is 24.3 Å². The van der Waals surface area contributed by atoms with Crippen molar-refractivity contribution in [3.63, 3.8) is 0 Å². The van der Waals surface area contributed by atoms with Crippen molar-refractivity contribution in [1.82, 2.24) is 0 Å². The Bertz CT molecular complexity index is 1070. The second kappa shape index (κ2) is 10.1. The third-order valence-corrected chi connectivity index (χ3v) is 17.8. The Morgan fingerprint density at radius 2 is 1.09 bits per heavy atom. The molecular weight excluding hydrogens is 511 g/mol. The molecule has 0 aliphatic rings. The van der Waals surface area contributed by atoms with E-state index in [1.54, 1.807) is 0 Å². The third kappa shape index (κ3) is 4.19.